The summed E-state index contributed by atoms with van der Waals surface area (Å²) in [5, 5.41) is 6.92. The van der Waals surface area contributed by atoms with Crippen LogP contribution >= 0.6 is 0 Å². The molecule has 1 heterocycles. The van der Waals surface area contributed by atoms with Crippen LogP contribution in [0.4, 0.5) is 0 Å². The lowest BCUT2D eigenvalue weighted by Gasteiger charge is -2.08. The van der Waals surface area contributed by atoms with Crippen molar-refractivity contribution in [3.05, 3.63) is 65.0 Å². The fourth-order valence-corrected chi connectivity index (χ4v) is 2.63. The van der Waals surface area contributed by atoms with Gasteiger partial charge in [-0.15, -0.1) is 0 Å². The molecule has 0 radical (unpaired) electrons. The first kappa shape index (κ1) is 12.6. The van der Waals surface area contributed by atoms with Gasteiger partial charge in [0.15, 0.2) is 6.29 Å². The first-order valence-corrected chi connectivity index (χ1v) is 6.66. The number of aldehydes is 1. The van der Waals surface area contributed by atoms with Crippen molar-refractivity contribution in [1.29, 1.82) is 0 Å². The first-order valence-electron chi connectivity index (χ1n) is 6.66. The predicted octanol–water partition coefficient (Wildman–Crippen LogP) is 3.51. The molecule has 20 heavy (non-hydrogen) atoms. The molecule has 0 bridgehead atoms. The van der Waals surface area contributed by atoms with Crippen molar-refractivity contribution >= 4 is 17.1 Å². The Morgan fingerprint density at radius 1 is 1.10 bits per heavy atom. The zero-order valence-electron chi connectivity index (χ0n) is 11.6. The molecule has 0 amide bonds. The molecule has 3 nitrogen and oxygen atoms in total. The normalized spacial score (nSPS) is 10.9. The molecule has 0 unspecified atom stereocenters. The largest absolute Gasteiger partial charge is 0.298 e. The van der Waals surface area contributed by atoms with Gasteiger partial charge in [0.05, 0.1) is 17.8 Å². The Balaban J connectivity index is 2.08. The molecule has 3 rings (SSSR count). The second-order valence-corrected chi connectivity index (χ2v) is 5.00. The number of carbonyl (C=O) groups excluding carboxylic acids is 1. The number of carbonyl (C=O) groups is 1. The average molecular weight is 264 g/mol. The summed E-state index contributed by atoms with van der Waals surface area (Å²) in [6.07, 6.45) is 0.886. The maximum atomic E-state index is 11.1. The lowest BCUT2D eigenvalue weighted by Crippen LogP contribution is -2.04. The molecule has 0 aliphatic carbocycles. The highest BCUT2D eigenvalue weighted by Gasteiger charge is 2.11. The van der Waals surface area contributed by atoms with Crippen molar-refractivity contribution in [2.24, 2.45) is 0 Å². The number of fused-ring (bicyclic) bond motifs is 1. The summed E-state index contributed by atoms with van der Waals surface area (Å²) in [7, 11) is 0. The van der Waals surface area contributed by atoms with Gasteiger partial charge in [0.25, 0.3) is 0 Å². The zero-order valence-corrected chi connectivity index (χ0v) is 11.6. The summed E-state index contributed by atoms with van der Waals surface area (Å²) in [5.74, 6) is 0. The van der Waals surface area contributed by atoms with Gasteiger partial charge in [0, 0.05) is 5.69 Å². The van der Waals surface area contributed by atoms with Crippen LogP contribution in [0.1, 0.15) is 27.3 Å². The molecule has 0 aliphatic heterocycles. The minimum atomic E-state index is 0.682. The van der Waals surface area contributed by atoms with E-state index < -0.39 is 0 Å². The molecule has 2 aromatic carbocycles. The summed E-state index contributed by atoms with van der Waals surface area (Å²) in [6.45, 7) is 4.49. The van der Waals surface area contributed by atoms with E-state index in [2.05, 4.69) is 35.4 Å². The van der Waals surface area contributed by atoms with Crippen LogP contribution in [0.25, 0.3) is 10.8 Å². The highest BCUT2D eigenvalue weighted by atomic mass is 16.1. The van der Waals surface area contributed by atoms with Gasteiger partial charge in [-0.2, -0.15) is 5.10 Å². The molecule has 0 saturated carbocycles. The number of benzene rings is 2. The van der Waals surface area contributed by atoms with E-state index in [1.54, 1.807) is 0 Å². The molecular formula is C17H16N2O. The van der Waals surface area contributed by atoms with Crippen LogP contribution in [0, 0.1) is 13.8 Å². The smallest absolute Gasteiger partial charge is 0.153 e. The van der Waals surface area contributed by atoms with Gasteiger partial charge >= 0.3 is 0 Å². The van der Waals surface area contributed by atoms with Crippen molar-refractivity contribution in [3.8, 4) is 0 Å². The predicted molar refractivity (Wildman–Crippen MR) is 80.1 cm³/mol. The average Bonchev–Trinajstić information content (AvgIpc) is 2.73. The standard InChI is InChI=1S/C17H16N2O/c1-12-17(11-20)13(2)19(18-12)10-15-8-5-7-14-6-3-4-9-16(14)15/h3-9,11H,10H2,1-2H3. The molecule has 3 aromatic rings. The monoisotopic (exact) mass is 264 g/mol. The fraction of sp³-hybridized carbons (Fsp3) is 0.176. The topological polar surface area (TPSA) is 34.9 Å². The third-order valence-electron chi connectivity index (χ3n) is 3.76. The quantitative estimate of drug-likeness (QED) is 0.678. The minimum Gasteiger partial charge on any atom is -0.298 e. The van der Waals surface area contributed by atoms with Crippen molar-refractivity contribution in [3.63, 3.8) is 0 Å². The Kier molecular flexibility index (Phi) is 3.11. The van der Waals surface area contributed by atoms with Crippen LogP contribution in [0.5, 0.6) is 0 Å². The Hall–Kier alpha value is -2.42. The lowest BCUT2D eigenvalue weighted by atomic mass is 10.0. The van der Waals surface area contributed by atoms with Crippen LogP contribution in [0.2, 0.25) is 0 Å². The number of aromatic nitrogens is 2. The number of nitrogens with zero attached hydrogens (tertiary/aromatic N) is 2. The Bertz CT molecular complexity index is 782. The SMILES string of the molecule is Cc1nn(Cc2cccc3ccccc23)c(C)c1C=O. The van der Waals surface area contributed by atoms with Crippen molar-refractivity contribution < 1.29 is 4.79 Å². The molecule has 0 aliphatic rings. The summed E-state index contributed by atoms with van der Waals surface area (Å²) in [6, 6.07) is 14.6. The second kappa shape index (κ2) is 4.93. The summed E-state index contributed by atoms with van der Waals surface area (Å²) in [5.41, 5.74) is 3.62. The number of aryl methyl sites for hydroxylation is 1. The summed E-state index contributed by atoms with van der Waals surface area (Å²) < 4.78 is 1.90. The number of rotatable bonds is 3. The molecule has 0 fully saturated rings. The summed E-state index contributed by atoms with van der Waals surface area (Å²) >= 11 is 0. The van der Waals surface area contributed by atoms with E-state index in [0.29, 0.717) is 12.1 Å². The molecular weight excluding hydrogens is 248 g/mol. The third kappa shape index (κ3) is 2.01. The highest BCUT2D eigenvalue weighted by Crippen LogP contribution is 2.20. The van der Waals surface area contributed by atoms with E-state index in [-0.39, 0.29) is 0 Å². The van der Waals surface area contributed by atoms with Crippen LogP contribution in [0.15, 0.2) is 42.5 Å². The van der Waals surface area contributed by atoms with Crippen molar-refractivity contribution in [2.75, 3.05) is 0 Å². The van der Waals surface area contributed by atoms with Gasteiger partial charge in [-0.1, -0.05) is 42.5 Å². The fourth-order valence-electron chi connectivity index (χ4n) is 2.63. The van der Waals surface area contributed by atoms with Crippen molar-refractivity contribution in [1.82, 2.24) is 9.78 Å². The number of hydrogen-bond acceptors (Lipinski definition) is 2. The molecule has 100 valence electrons. The Labute approximate surface area is 117 Å². The third-order valence-corrected chi connectivity index (χ3v) is 3.76. The van der Waals surface area contributed by atoms with Gasteiger partial charge in [-0.05, 0) is 30.2 Å². The van der Waals surface area contributed by atoms with E-state index in [1.807, 2.05) is 30.7 Å². The first-order chi connectivity index (χ1) is 9.70. The van der Waals surface area contributed by atoms with Crippen LogP contribution in [-0.4, -0.2) is 16.1 Å². The van der Waals surface area contributed by atoms with Gasteiger partial charge in [0.2, 0.25) is 0 Å². The Morgan fingerprint density at radius 3 is 2.60 bits per heavy atom. The lowest BCUT2D eigenvalue weighted by molar-refractivity contribution is 0.112. The molecule has 0 spiro atoms. The van der Waals surface area contributed by atoms with Gasteiger partial charge < -0.3 is 0 Å². The number of hydrogen-bond donors (Lipinski definition) is 0. The van der Waals surface area contributed by atoms with E-state index in [9.17, 15) is 4.79 Å². The van der Waals surface area contributed by atoms with E-state index in [4.69, 9.17) is 0 Å². The zero-order chi connectivity index (χ0) is 14.1. The van der Waals surface area contributed by atoms with E-state index in [1.165, 1.54) is 16.3 Å². The van der Waals surface area contributed by atoms with Gasteiger partial charge in [0.1, 0.15) is 0 Å². The van der Waals surface area contributed by atoms with Crippen LogP contribution in [-0.2, 0) is 6.54 Å². The molecule has 0 N–H and O–H groups in total. The second-order valence-electron chi connectivity index (χ2n) is 5.00. The maximum absolute atomic E-state index is 11.1. The van der Waals surface area contributed by atoms with E-state index >= 15 is 0 Å². The maximum Gasteiger partial charge on any atom is 0.153 e. The minimum absolute atomic E-state index is 0.682. The highest BCUT2D eigenvalue weighted by molar-refractivity contribution is 5.85. The van der Waals surface area contributed by atoms with Crippen molar-refractivity contribution in [2.45, 2.75) is 20.4 Å². The Morgan fingerprint density at radius 2 is 1.85 bits per heavy atom. The molecule has 0 saturated heterocycles. The van der Waals surface area contributed by atoms with Gasteiger partial charge in [-0.3, -0.25) is 9.48 Å². The van der Waals surface area contributed by atoms with E-state index in [0.717, 1.165) is 17.7 Å². The summed E-state index contributed by atoms with van der Waals surface area (Å²) in [4.78, 5) is 11.1. The molecule has 1 aromatic heterocycles. The van der Waals surface area contributed by atoms with Gasteiger partial charge in [-0.25, -0.2) is 0 Å². The van der Waals surface area contributed by atoms with Crippen LogP contribution in [0.3, 0.4) is 0 Å². The molecule has 0 atom stereocenters. The van der Waals surface area contributed by atoms with Crippen LogP contribution < -0.4 is 0 Å². The molecule has 3 heteroatoms.